The van der Waals surface area contributed by atoms with Crippen molar-refractivity contribution in [1.82, 2.24) is 20.2 Å². The molecule has 0 spiro atoms. The van der Waals surface area contributed by atoms with E-state index in [4.69, 9.17) is 0 Å². The first-order valence-corrected chi connectivity index (χ1v) is 10.6. The second-order valence-corrected chi connectivity index (χ2v) is 7.91. The van der Waals surface area contributed by atoms with Crippen LogP contribution in [-0.2, 0) is 27.2 Å². The number of hydrogen-bond acceptors (Lipinski definition) is 5. The van der Waals surface area contributed by atoms with Gasteiger partial charge in [0, 0.05) is 24.9 Å². The van der Waals surface area contributed by atoms with Gasteiger partial charge >= 0.3 is 0 Å². The van der Waals surface area contributed by atoms with E-state index in [9.17, 15) is 19.2 Å². The van der Waals surface area contributed by atoms with Gasteiger partial charge in [0.1, 0.15) is 18.1 Å². The van der Waals surface area contributed by atoms with Gasteiger partial charge in [0.05, 0.1) is 6.04 Å². The van der Waals surface area contributed by atoms with E-state index in [0.29, 0.717) is 25.7 Å². The minimum Gasteiger partial charge on any atom is -0.344 e. The number of carbonyl (C=O) groups is 4. The van der Waals surface area contributed by atoms with Crippen molar-refractivity contribution < 1.29 is 19.2 Å². The Hall–Kier alpha value is -3.29. The van der Waals surface area contributed by atoms with E-state index < -0.39 is 18.0 Å². The summed E-state index contributed by atoms with van der Waals surface area (Å²) >= 11 is 0. The average molecular weight is 425 g/mol. The normalized spacial score (nSPS) is 16.7. The Labute approximate surface area is 181 Å². The maximum Gasteiger partial charge on any atom is 0.290 e. The molecule has 1 fully saturated rings. The number of nitrogens with one attached hydrogen (secondary N) is 2. The molecule has 2 atom stereocenters. The summed E-state index contributed by atoms with van der Waals surface area (Å²) in [7, 11) is 0. The summed E-state index contributed by atoms with van der Waals surface area (Å²) < 4.78 is 0. The quantitative estimate of drug-likeness (QED) is 0.565. The summed E-state index contributed by atoms with van der Waals surface area (Å²) in [4.78, 5) is 56.7. The van der Waals surface area contributed by atoms with Crippen LogP contribution in [0.5, 0.6) is 0 Å². The maximum atomic E-state index is 12.9. The number of Topliss-reactive ketones (excluding diaryl/α,β-unsaturated/α-hetero) is 1. The molecule has 31 heavy (non-hydrogen) atoms. The van der Waals surface area contributed by atoms with E-state index in [1.165, 1.54) is 17.4 Å². The fraction of sp³-hybridized carbons (Fsp3) is 0.435. The molecule has 1 saturated heterocycles. The van der Waals surface area contributed by atoms with Crippen molar-refractivity contribution in [3.63, 3.8) is 0 Å². The van der Waals surface area contributed by atoms with Crippen LogP contribution < -0.4 is 5.32 Å². The van der Waals surface area contributed by atoms with Crippen LogP contribution in [0.4, 0.5) is 0 Å². The van der Waals surface area contributed by atoms with Gasteiger partial charge in [-0.1, -0.05) is 30.3 Å². The molecule has 2 N–H and O–H groups in total. The predicted octanol–water partition coefficient (Wildman–Crippen LogP) is 1.85. The fourth-order valence-corrected chi connectivity index (χ4v) is 3.86. The lowest BCUT2D eigenvalue weighted by molar-refractivity contribution is -0.128. The number of nitrogens with zero attached hydrogens (tertiary/aromatic N) is 2. The smallest absolute Gasteiger partial charge is 0.290 e. The van der Waals surface area contributed by atoms with Crippen molar-refractivity contribution in [3.8, 4) is 0 Å². The molecule has 0 saturated carbocycles. The Morgan fingerprint density at radius 1 is 1.26 bits per heavy atom. The molecule has 0 bridgehead atoms. The number of imidazole rings is 1. The highest BCUT2D eigenvalue weighted by atomic mass is 16.2. The number of aromatic nitrogens is 2. The van der Waals surface area contributed by atoms with Gasteiger partial charge in [-0.15, -0.1) is 0 Å². The number of ketones is 1. The number of aryl methyl sites for hydroxylation is 2. The Morgan fingerprint density at radius 2 is 2.03 bits per heavy atom. The lowest BCUT2D eigenvalue weighted by Gasteiger charge is -2.24. The Morgan fingerprint density at radius 3 is 2.74 bits per heavy atom. The molecule has 8 heteroatoms. The summed E-state index contributed by atoms with van der Waals surface area (Å²) in [6.45, 7) is 1.81. The molecule has 1 aliphatic heterocycles. The lowest BCUT2D eigenvalue weighted by atomic mass is 10.1. The second kappa shape index (κ2) is 10.7. The summed E-state index contributed by atoms with van der Waals surface area (Å²) in [6, 6.07) is 8.66. The predicted molar refractivity (Wildman–Crippen MR) is 114 cm³/mol. The number of likely N-dealkylation sites (tertiary alicyclic amines) is 1. The van der Waals surface area contributed by atoms with Crippen molar-refractivity contribution in [3.05, 3.63) is 53.6 Å². The zero-order valence-electron chi connectivity index (χ0n) is 17.7. The van der Waals surface area contributed by atoms with Gasteiger partial charge in [-0.2, -0.15) is 0 Å². The zero-order valence-corrected chi connectivity index (χ0v) is 17.7. The van der Waals surface area contributed by atoms with Gasteiger partial charge < -0.3 is 20.0 Å². The standard InChI is InChI=1S/C23H28N4O4/c1-16(29)13-19(15-28)26-22(30)20-11-6-12-27(20)23(31)21-24-14-18(25-21)10-5-9-17-7-3-2-4-8-17/h2-4,7-8,14-15,19-20H,5-6,9-13H2,1H3,(H,24,25)(H,26,30)/t19-,20-/m0/s1. The number of hydrogen-bond donors (Lipinski definition) is 2. The van der Waals surface area contributed by atoms with Crippen molar-refractivity contribution in [2.75, 3.05) is 6.54 Å². The van der Waals surface area contributed by atoms with Crippen molar-refractivity contribution >= 4 is 23.9 Å². The van der Waals surface area contributed by atoms with Gasteiger partial charge in [0.2, 0.25) is 5.91 Å². The van der Waals surface area contributed by atoms with Crippen LogP contribution in [0.1, 0.15) is 54.5 Å². The average Bonchev–Trinajstić information content (AvgIpc) is 3.43. The van der Waals surface area contributed by atoms with Crippen LogP contribution in [-0.4, -0.2) is 57.4 Å². The highest BCUT2D eigenvalue weighted by Gasteiger charge is 2.36. The summed E-state index contributed by atoms with van der Waals surface area (Å²) in [5, 5.41) is 2.57. The van der Waals surface area contributed by atoms with E-state index >= 15 is 0 Å². The van der Waals surface area contributed by atoms with Crippen LogP contribution in [0.25, 0.3) is 0 Å². The van der Waals surface area contributed by atoms with Crippen molar-refractivity contribution in [2.24, 2.45) is 0 Å². The first-order valence-electron chi connectivity index (χ1n) is 10.6. The van der Waals surface area contributed by atoms with Crippen LogP contribution in [0, 0.1) is 0 Å². The largest absolute Gasteiger partial charge is 0.344 e. The number of carbonyl (C=O) groups excluding carboxylic acids is 4. The number of rotatable bonds is 10. The van der Waals surface area contributed by atoms with E-state index in [-0.39, 0.29) is 23.9 Å². The molecule has 1 aliphatic rings. The molecule has 164 valence electrons. The number of amides is 2. The summed E-state index contributed by atoms with van der Waals surface area (Å²) in [6.07, 6.45) is 5.99. The van der Waals surface area contributed by atoms with Gasteiger partial charge in [0.15, 0.2) is 5.82 Å². The highest BCUT2D eigenvalue weighted by molar-refractivity contribution is 5.96. The molecule has 1 aromatic carbocycles. The van der Waals surface area contributed by atoms with Crippen LogP contribution >= 0.6 is 0 Å². The minimum absolute atomic E-state index is 0.0551. The third kappa shape index (κ3) is 6.10. The van der Waals surface area contributed by atoms with E-state index in [0.717, 1.165) is 25.0 Å². The van der Waals surface area contributed by atoms with E-state index in [1.54, 1.807) is 6.20 Å². The highest BCUT2D eigenvalue weighted by Crippen LogP contribution is 2.20. The Balaban J connectivity index is 1.56. The van der Waals surface area contributed by atoms with Crippen LogP contribution in [0.15, 0.2) is 36.5 Å². The SMILES string of the molecule is CC(=O)C[C@@H](C=O)NC(=O)[C@@H]1CCCN1C(=O)c1ncc(CCCc2ccccc2)[nH]1. The van der Waals surface area contributed by atoms with Crippen LogP contribution in [0.2, 0.25) is 0 Å². The molecule has 3 rings (SSSR count). The minimum atomic E-state index is -0.873. The van der Waals surface area contributed by atoms with Crippen molar-refractivity contribution in [1.29, 1.82) is 0 Å². The van der Waals surface area contributed by atoms with Gasteiger partial charge in [0.25, 0.3) is 5.91 Å². The fourth-order valence-electron chi connectivity index (χ4n) is 3.86. The Kier molecular flexibility index (Phi) is 7.70. The number of aromatic amines is 1. The number of benzene rings is 1. The van der Waals surface area contributed by atoms with Crippen LogP contribution in [0.3, 0.4) is 0 Å². The number of H-pyrrole nitrogens is 1. The van der Waals surface area contributed by atoms with Gasteiger partial charge in [-0.05, 0) is 44.6 Å². The second-order valence-electron chi connectivity index (χ2n) is 7.91. The molecule has 2 amide bonds. The molecule has 0 aliphatic carbocycles. The van der Waals surface area contributed by atoms with Crippen molar-refractivity contribution in [2.45, 2.75) is 57.5 Å². The molecular formula is C23H28N4O4. The molecule has 2 aromatic rings. The monoisotopic (exact) mass is 424 g/mol. The first kappa shape index (κ1) is 22.4. The summed E-state index contributed by atoms with van der Waals surface area (Å²) in [5.41, 5.74) is 2.14. The third-order valence-electron chi connectivity index (χ3n) is 5.40. The molecule has 1 aromatic heterocycles. The zero-order chi connectivity index (χ0) is 22.2. The van der Waals surface area contributed by atoms with E-state index in [1.807, 2.05) is 18.2 Å². The van der Waals surface area contributed by atoms with E-state index in [2.05, 4.69) is 27.4 Å². The molecule has 8 nitrogen and oxygen atoms in total. The lowest BCUT2D eigenvalue weighted by Crippen LogP contribution is -2.49. The van der Waals surface area contributed by atoms with Gasteiger partial charge in [-0.3, -0.25) is 14.4 Å². The maximum absolute atomic E-state index is 12.9. The Bertz CT molecular complexity index is 925. The summed E-state index contributed by atoms with van der Waals surface area (Å²) in [5.74, 6) is -0.725. The third-order valence-corrected chi connectivity index (χ3v) is 5.40. The molecule has 0 unspecified atom stereocenters. The number of aldehydes is 1. The van der Waals surface area contributed by atoms with Gasteiger partial charge in [-0.25, -0.2) is 4.98 Å². The molecule has 2 heterocycles. The topological polar surface area (TPSA) is 112 Å². The molecule has 0 radical (unpaired) electrons. The molecular weight excluding hydrogens is 396 g/mol. The first-order chi connectivity index (χ1) is 15.0.